The van der Waals surface area contributed by atoms with Crippen molar-refractivity contribution in [1.82, 2.24) is 9.66 Å². The van der Waals surface area contributed by atoms with Crippen molar-refractivity contribution in [3.8, 4) is 23.1 Å². The summed E-state index contributed by atoms with van der Waals surface area (Å²) in [5.41, 5.74) is 1.55. The zero-order valence-electron chi connectivity index (χ0n) is 19.7. The minimum Gasteiger partial charge on any atom is -0.493 e. The number of benzene rings is 3. The first kappa shape index (κ1) is 24.3. The Morgan fingerprint density at radius 1 is 1.06 bits per heavy atom. The molecule has 7 nitrogen and oxygen atoms in total. The van der Waals surface area contributed by atoms with Crippen molar-refractivity contribution >= 4 is 59.9 Å². The lowest BCUT2D eigenvalue weighted by molar-refractivity contribution is 0.229. The van der Waals surface area contributed by atoms with Crippen LogP contribution < -0.4 is 15.0 Å². The third-order valence-electron chi connectivity index (χ3n) is 5.39. The zero-order chi connectivity index (χ0) is 25.4. The highest BCUT2D eigenvalue weighted by atomic mass is 79.9. The first-order chi connectivity index (χ1) is 17.3. The molecule has 0 N–H and O–H groups in total. The lowest BCUT2D eigenvalue weighted by atomic mass is 10.2. The largest absolute Gasteiger partial charge is 0.493 e. The Hall–Kier alpha value is -3.43. The maximum absolute atomic E-state index is 13.6. The van der Waals surface area contributed by atoms with Crippen LogP contribution in [0.5, 0.6) is 11.5 Å². The van der Waals surface area contributed by atoms with Gasteiger partial charge in [-0.3, -0.25) is 4.79 Å². The summed E-state index contributed by atoms with van der Waals surface area (Å²) in [6.07, 6.45) is 1.47. The Morgan fingerprint density at radius 2 is 1.86 bits per heavy atom. The number of ether oxygens (including phenoxy) is 2. The second kappa shape index (κ2) is 9.91. The molecule has 5 aromatic rings. The van der Waals surface area contributed by atoms with Crippen molar-refractivity contribution in [2.24, 2.45) is 5.10 Å². The second-order valence-electron chi connectivity index (χ2n) is 8.30. The lowest BCUT2D eigenvalue weighted by Gasteiger charge is -2.16. The number of para-hydroxylation sites is 1. The fraction of sp³-hybridized carbons (Fsp3) is 0.148. The van der Waals surface area contributed by atoms with Gasteiger partial charge in [-0.15, -0.1) is 0 Å². The van der Waals surface area contributed by atoms with Gasteiger partial charge in [0.1, 0.15) is 5.58 Å². The van der Waals surface area contributed by atoms with E-state index < -0.39 is 0 Å². The summed E-state index contributed by atoms with van der Waals surface area (Å²) < 4.78 is 20.6. The smallest absolute Gasteiger partial charge is 0.282 e. The molecule has 0 atom stereocenters. The average molecular weight is 611 g/mol. The molecule has 0 aliphatic heterocycles. The van der Waals surface area contributed by atoms with Crippen molar-refractivity contribution < 1.29 is 13.9 Å². The third-order valence-corrected chi connectivity index (χ3v) is 6.34. The summed E-state index contributed by atoms with van der Waals surface area (Å²) in [6, 6.07) is 18.4. The van der Waals surface area contributed by atoms with E-state index in [-0.39, 0.29) is 17.5 Å². The van der Waals surface area contributed by atoms with Crippen LogP contribution in [0.1, 0.15) is 19.4 Å². The van der Waals surface area contributed by atoms with Crippen molar-refractivity contribution in [3.63, 3.8) is 0 Å². The molecule has 3 aromatic carbocycles. The fourth-order valence-corrected chi connectivity index (χ4v) is 4.67. The van der Waals surface area contributed by atoms with Crippen molar-refractivity contribution in [2.75, 3.05) is 7.11 Å². The van der Waals surface area contributed by atoms with E-state index in [1.165, 1.54) is 4.68 Å². The van der Waals surface area contributed by atoms with Gasteiger partial charge in [0, 0.05) is 19.9 Å². The topological polar surface area (TPSA) is 78.9 Å². The first-order valence-corrected chi connectivity index (χ1v) is 12.7. The molecule has 0 radical (unpaired) electrons. The Balaban J connectivity index is 1.73. The van der Waals surface area contributed by atoms with Gasteiger partial charge in [0.25, 0.3) is 5.56 Å². The van der Waals surface area contributed by atoms with Crippen LogP contribution in [0.4, 0.5) is 0 Å². The van der Waals surface area contributed by atoms with Crippen LogP contribution >= 0.6 is 31.9 Å². The van der Waals surface area contributed by atoms with Gasteiger partial charge in [0.15, 0.2) is 17.3 Å². The molecule has 0 saturated carbocycles. The van der Waals surface area contributed by atoms with Crippen LogP contribution in [0, 0.1) is 0 Å². The van der Waals surface area contributed by atoms with Crippen LogP contribution in [-0.4, -0.2) is 29.1 Å². The van der Waals surface area contributed by atoms with Gasteiger partial charge in [-0.2, -0.15) is 9.78 Å². The Morgan fingerprint density at radius 3 is 2.64 bits per heavy atom. The SMILES string of the molecule is COc1cc(Br)cc(C=Nn2c(-c3cc4cc(Br)ccc4o3)nc3ccccc3c2=O)c1OC(C)C. The van der Waals surface area contributed by atoms with Crippen molar-refractivity contribution in [2.45, 2.75) is 20.0 Å². The van der Waals surface area contributed by atoms with Crippen molar-refractivity contribution in [3.05, 3.63) is 85.5 Å². The van der Waals surface area contributed by atoms with E-state index in [1.807, 2.05) is 56.3 Å². The van der Waals surface area contributed by atoms with Crippen molar-refractivity contribution in [1.29, 1.82) is 0 Å². The molecule has 0 spiro atoms. The first-order valence-electron chi connectivity index (χ1n) is 11.1. The third kappa shape index (κ3) is 4.68. The van der Waals surface area contributed by atoms with E-state index in [0.29, 0.717) is 39.3 Å². The predicted molar refractivity (Wildman–Crippen MR) is 148 cm³/mol. The van der Waals surface area contributed by atoms with Crippen LogP contribution in [0.2, 0.25) is 0 Å². The van der Waals surface area contributed by atoms with Gasteiger partial charge in [-0.05, 0) is 62.4 Å². The summed E-state index contributed by atoms with van der Waals surface area (Å²) in [5, 5.41) is 5.89. The molecule has 0 bridgehead atoms. The molecular formula is C27H21Br2N3O4. The summed E-state index contributed by atoms with van der Waals surface area (Å²) >= 11 is 6.99. The van der Waals surface area contributed by atoms with Crippen LogP contribution in [0.15, 0.2) is 83.9 Å². The summed E-state index contributed by atoms with van der Waals surface area (Å²) in [5.74, 6) is 1.78. The molecule has 0 aliphatic carbocycles. The molecule has 2 aromatic heterocycles. The summed E-state index contributed by atoms with van der Waals surface area (Å²) in [4.78, 5) is 18.3. The van der Waals surface area contributed by atoms with Gasteiger partial charge in [0.05, 0.1) is 30.3 Å². The highest BCUT2D eigenvalue weighted by Crippen LogP contribution is 2.35. The zero-order valence-corrected chi connectivity index (χ0v) is 22.8. The standard InChI is InChI=1S/C27H21Br2N3O4/c1-15(2)35-25-17(11-19(29)13-23(25)34-3)14-30-32-26(31-21-7-5-4-6-20(21)27(32)33)24-12-16-10-18(28)8-9-22(16)36-24/h4-15H,1-3H3. The van der Waals surface area contributed by atoms with E-state index in [4.69, 9.17) is 18.9 Å². The Bertz CT molecular complexity index is 1690. The van der Waals surface area contributed by atoms with Gasteiger partial charge in [-0.25, -0.2) is 4.98 Å². The number of furan rings is 1. The second-order valence-corrected chi connectivity index (χ2v) is 10.1. The minimum atomic E-state index is -0.318. The number of hydrogen-bond acceptors (Lipinski definition) is 6. The van der Waals surface area contributed by atoms with Crippen LogP contribution in [0.3, 0.4) is 0 Å². The molecule has 0 amide bonds. The molecule has 0 unspecified atom stereocenters. The van der Waals surface area contributed by atoms with Crippen LogP contribution in [-0.2, 0) is 0 Å². The highest BCUT2D eigenvalue weighted by Gasteiger charge is 2.18. The Kier molecular flexibility index (Phi) is 6.68. The molecule has 182 valence electrons. The quantitative estimate of drug-likeness (QED) is 0.193. The molecule has 0 fully saturated rings. The molecule has 9 heteroatoms. The van der Waals surface area contributed by atoms with E-state index in [2.05, 4.69) is 37.0 Å². The lowest BCUT2D eigenvalue weighted by Crippen LogP contribution is -2.20. The normalized spacial score (nSPS) is 11.7. The molecule has 5 rings (SSSR count). The number of hydrogen-bond donors (Lipinski definition) is 0. The molecule has 2 heterocycles. The Labute approximate surface area is 223 Å². The summed E-state index contributed by atoms with van der Waals surface area (Å²) in [6.45, 7) is 3.86. The highest BCUT2D eigenvalue weighted by molar-refractivity contribution is 9.10. The summed E-state index contributed by atoms with van der Waals surface area (Å²) in [7, 11) is 1.58. The van der Waals surface area contributed by atoms with Gasteiger partial charge < -0.3 is 13.9 Å². The molecule has 36 heavy (non-hydrogen) atoms. The number of nitrogens with zero attached hydrogens (tertiary/aromatic N) is 3. The van der Waals surface area contributed by atoms with Crippen LogP contribution in [0.25, 0.3) is 33.5 Å². The molecule has 0 aliphatic rings. The predicted octanol–water partition coefficient (Wildman–Crippen LogP) is 7.01. The van der Waals surface area contributed by atoms with E-state index in [9.17, 15) is 4.79 Å². The number of rotatable bonds is 6. The number of methoxy groups -OCH3 is 1. The maximum atomic E-state index is 13.6. The van der Waals surface area contributed by atoms with E-state index in [0.717, 1.165) is 14.3 Å². The van der Waals surface area contributed by atoms with E-state index >= 15 is 0 Å². The number of aromatic nitrogens is 2. The molecule has 0 saturated heterocycles. The number of halogens is 2. The monoisotopic (exact) mass is 609 g/mol. The van der Waals surface area contributed by atoms with Gasteiger partial charge in [0.2, 0.25) is 5.82 Å². The fourth-order valence-electron chi connectivity index (χ4n) is 3.83. The van der Waals surface area contributed by atoms with E-state index in [1.54, 1.807) is 31.5 Å². The number of fused-ring (bicyclic) bond motifs is 2. The van der Waals surface area contributed by atoms with Gasteiger partial charge >= 0.3 is 0 Å². The average Bonchev–Trinajstić information content (AvgIpc) is 3.27. The minimum absolute atomic E-state index is 0.0947. The van der Waals surface area contributed by atoms with Gasteiger partial charge in [-0.1, -0.05) is 44.0 Å². The maximum Gasteiger partial charge on any atom is 0.282 e. The molecular weight excluding hydrogens is 590 g/mol.